The normalized spacial score (nSPS) is 30.7. The maximum atomic E-state index is 6.02. The van der Waals surface area contributed by atoms with E-state index in [2.05, 4.69) is 108 Å². The summed E-state index contributed by atoms with van der Waals surface area (Å²) in [6.45, 7) is 27.0. The van der Waals surface area contributed by atoms with E-state index in [1.807, 2.05) is 0 Å². The molecule has 1 aromatic carbocycles. The van der Waals surface area contributed by atoms with Crippen molar-refractivity contribution in [1.29, 1.82) is 0 Å². The van der Waals surface area contributed by atoms with Crippen LogP contribution in [0.1, 0.15) is 85.6 Å². The molecule has 0 heterocycles. The smallest absolute Gasteiger partial charge is 0.0234 e. The zero-order valence-corrected chi connectivity index (χ0v) is 25.6. The molecule has 0 aliphatic heterocycles. The van der Waals surface area contributed by atoms with Gasteiger partial charge in [-0.15, -0.1) is 0 Å². The minimum atomic E-state index is 0.479. The summed E-state index contributed by atoms with van der Waals surface area (Å²) in [5.41, 5.74) is 11.4. The van der Waals surface area contributed by atoms with E-state index in [1.165, 1.54) is 48.0 Å². The number of rotatable bonds is 8. The molecule has 1 aliphatic rings. The van der Waals surface area contributed by atoms with E-state index < -0.39 is 0 Å². The maximum Gasteiger partial charge on any atom is 0.0234 e. The van der Waals surface area contributed by atoms with Gasteiger partial charge in [0.15, 0.2) is 0 Å². The Balaban J connectivity index is 2.21. The van der Waals surface area contributed by atoms with E-state index >= 15 is 0 Å². The number of allylic oxidation sites excluding steroid dienone is 6. The molecule has 0 radical (unpaired) electrons. The Bertz CT molecular complexity index is 895. The average Bonchev–Trinajstić information content (AvgIpc) is 2.88. The second kappa shape index (κ2) is 16.9. The molecule has 2 rings (SSSR count). The molecule has 0 saturated heterocycles. The van der Waals surface area contributed by atoms with E-state index in [1.54, 1.807) is 0 Å². The van der Waals surface area contributed by atoms with Gasteiger partial charge in [-0.3, -0.25) is 4.90 Å². The van der Waals surface area contributed by atoms with Gasteiger partial charge in [-0.05, 0) is 86.6 Å². The molecule has 0 aromatic heterocycles. The SMILES string of the molecule is C=C1CC(C)[C@H](C)C[C@@H](CCN(CCN)Cc2ccccc2)C[C@@H](C)C(=C)/C=C/C(C)=C/[C@H](C)[C@@H](CC)C1. The van der Waals surface area contributed by atoms with Gasteiger partial charge in [0.2, 0.25) is 0 Å². The topological polar surface area (TPSA) is 29.3 Å². The summed E-state index contributed by atoms with van der Waals surface area (Å²) in [6.07, 6.45) is 14.2. The van der Waals surface area contributed by atoms with Crippen molar-refractivity contribution in [1.82, 2.24) is 4.90 Å². The van der Waals surface area contributed by atoms with Gasteiger partial charge < -0.3 is 5.73 Å². The third-order valence-electron chi connectivity index (χ3n) is 9.06. The van der Waals surface area contributed by atoms with Crippen LogP contribution in [-0.4, -0.2) is 24.5 Å². The van der Waals surface area contributed by atoms with Gasteiger partial charge in [-0.25, -0.2) is 0 Å². The Morgan fingerprint density at radius 3 is 2.29 bits per heavy atom. The molecule has 1 aromatic rings. The summed E-state index contributed by atoms with van der Waals surface area (Å²) >= 11 is 0. The molecule has 1 unspecified atom stereocenters. The molecule has 2 nitrogen and oxygen atoms in total. The molecule has 6 atom stereocenters. The first-order valence-corrected chi connectivity index (χ1v) is 15.3. The summed E-state index contributed by atoms with van der Waals surface area (Å²) < 4.78 is 0. The number of benzene rings is 1. The zero-order valence-electron chi connectivity index (χ0n) is 25.6. The van der Waals surface area contributed by atoms with Crippen LogP contribution in [0.2, 0.25) is 0 Å². The van der Waals surface area contributed by atoms with Crippen molar-refractivity contribution in [2.75, 3.05) is 19.6 Å². The third-order valence-corrected chi connectivity index (χ3v) is 9.06. The first-order chi connectivity index (χ1) is 18.1. The van der Waals surface area contributed by atoms with Crippen LogP contribution >= 0.6 is 0 Å². The second-order valence-electron chi connectivity index (χ2n) is 12.5. The predicted molar refractivity (Wildman–Crippen MR) is 169 cm³/mol. The molecule has 2 N–H and O–H groups in total. The molecule has 2 heteroatoms. The molecular formula is C36H58N2. The fourth-order valence-corrected chi connectivity index (χ4v) is 6.22. The van der Waals surface area contributed by atoms with Crippen molar-refractivity contribution in [3.05, 3.63) is 84.0 Å². The van der Waals surface area contributed by atoms with E-state index in [4.69, 9.17) is 5.73 Å². The Labute approximate surface area is 236 Å². The molecule has 0 saturated carbocycles. The second-order valence-corrected chi connectivity index (χ2v) is 12.5. The van der Waals surface area contributed by atoms with Crippen molar-refractivity contribution in [2.45, 2.75) is 86.6 Å². The van der Waals surface area contributed by atoms with Crippen LogP contribution in [0.5, 0.6) is 0 Å². The van der Waals surface area contributed by atoms with Gasteiger partial charge in [0.05, 0.1) is 0 Å². The molecule has 0 amide bonds. The molecule has 0 bridgehead atoms. The molecule has 0 spiro atoms. The lowest BCUT2D eigenvalue weighted by molar-refractivity contribution is 0.211. The van der Waals surface area contributed by atoms with Crippen molar-refractivity contribution in [3.63, 3.8) is 0 Å². The summed E-state index contributed by atoms with van der Waals surface area (Å²) in [7, 11) is 0. The van der Waals surface area contributed by atoms with Gasteiger partial charge in [0, 0.05) is 19.6 Å². The highest BCUT2D eigenvalue weighted by Crippen LogP contribution is 2.34. The fourth-order valence-electron chi connectivity index (χ4n) is 6.22. The number of hydrogen-bond donors (Lipinski definition) is 1. The van der Waals surface area contributed by atoms with Gasteiger partial charge >= 0.3 is 0 Å². The van der Waals surface area contributed by atoms with Crippen LogP contribution in [0.15, 0.2) is 78.4 Å². The van der Waals surface area contributed by atoms with E-state index in [0.717, 1.165) is 32.5 Å². The standard InChI is InChI=1S/C36H58N2/c1-9-36-23-28(3)22-30(5)32(7)25-35(24-31(6)29(4)16-15-27(2)21-33(36)8)17-19-38(20-18-37)26-34-13-11-10-12-14-34/h10-16,21,30-33,35-36H,3-4,9,17-20,22-26,37H2,1-2,5-8H3/b16-15+,27-21+/t30?,31-,32-,33+,35+,36+/m1/s1. The highest BCUT2D eigenvalue weighted by atomic mass is 15.1. The van der Waals surface area contributed by atoms with E-state index in [9.17, 15) is 0 Å². The first-order valence-electron chi connectivity index (χ1n) is 15.3. The van der Waals surface area contributed by atoms with Gasteiger partial charge in [-0.2, -0.15) is 0 Å². The summed E-state index contributed by atoms with van der Waals surface area (Å²) in [6, 6.07) is 10.8. The van der Waals surface area contributed by atoms with Gasteiger partial charge in [-0.1, -0.05) is 119 Å². The quantitative estimate of drug-likeness (QED) is 0.347. The van der Waals surface area contributed by atoms with Crippen molar-refractivity contribution in [3.8, 4) is 0 Å². The lowest BCUT2D eigenvalue weighted by Gasteiger charge is -2.31. The Morgan fingerprint density at radius 1 is 0.921 bits per heavy atom. The molecular weight excluding hydrogens is 460 g/mol. The monoisotopic (exact) mass is 518 g/mol. The number of hydrogen-bond acceptors (Lipinski definition) is 2. The van der Waals surface area contributed by atoms with Crippen LogP contribution in [0.25, 0.3) is 0 Å². The Kier molecular flexibility index (Phi) is 14.4. The van der Waals surface area contributed by atoms with Gasteiger partial charge in [0.25, 0.3) is 0 Å². The van der Waals surface area contributed by atoms with Crippen LogP contribution in [-0.2, 0) is 6.54 Å². The zero-order chi connectivity index (χ0) is 28.1. The maximum absolute atomic E-state index is 6.02. The van der Waals surface area contributed by atoms with Crippen molar-refractivity contribution < 1.29 is 0 Å². The third kappa shape index (κ3) is 11.5. The Morgan fingerprint density at radius 2 is 1.63 bits per heavy atom. The van der Waals surface area contributed by atoms with Crippen molar-refractivity contribution in [2.24, 2.45) is 41.2 Å². The number of nitrogens with two attached hydrogens (primary N) is 1. The average molecular weight is 519 g/mol. The highest BCUT2D eigenvalue weighted by molar-refractivity contribution is 5.27. The fraction of sp³-hybridized carbons (Fsp3) is 0.611. The van der Waals surface area contributed by atoms with Crippen LogP contribution in [0.3, 0.4) is 0 Å². The summed E-state index contributed by atoms with van der Waals surface area (Å²) in [5, 5.41) is 0. The Hall–Kier alpha value is -1.90. The first kappa shape index (κ1) is 32.3. The lowest BCUT2D eigenvalue weighted by Crippen LogP contribution is -2.31. The highest BCUT2D eigenvalue weighted by Gasteiger charge is 2.23. The minimum absolute atomic E-state index is 0.479. The molecule has 1 aliphatic carbocycles. The van der Waals surface area contributed by atoms with Crippen LogP contribution in [0, 0.1) is 35.5 Å². The van der Waals surface area contributed by atoms with Gasteiger partial charge in [0.1, 0.15) is 0 Å². The molecule has 212 valence electrons. The van der Waals surface area contributed by atoms with Crippen molar-refractivity contribution >= 4 is 0 Å². The van der Waals surface area contributed by atoms with E-state index in [0.29, 0.717) is 42.1 Å². The minimum Gasteiger partial charge on any atom is -0.329 e. The molecule has 38 heavy (non-hydrogen) atoms. The van der Waals surface area contributed by atoms with E-state index in [-0.39, 0.29) is 0 Å². The summed E-state index contributed by atoms with van der Waals surface area (Å²) in [5.74, 6) is 3.71. The van der Waals surface area contributed by atoms with Crippen LogP contribution in [0.4, 0.5) is 0 Å². The van der Waals surface area contributed by atoms with Crippen LogP contribution < -0.4 is 5.73 Å². The summed E-state index contributed by atoms with van der Waals surface area (Å²) in [4.78, 5) is 2.55. The molecule has 0 fully saturated rings. The predicted octanol–water partition coefficient (Wildman–Crippen LogP) is 9.21. The number of nitrogens with zero attached hydrogens (tertiary/aromatic N) is 1. The lowest BCUT2D eigenvalue weighted by atomic mass is 9.77. The largest absolute Gasteiger partial charge is 0.329 e.